The van der Waals surface area contributed by atoms with Crippen LogP contribution in [0.15, 0.2) is 18.5 Å². The zero-order valence-electron chi connectivity index (χ0n) is 10.6. The molecule has 0 radical (unpaired) electrons. The van der Waals surface area contributed by atoms with Gasteiger partial charge < -0.3 is 19.7 Å². The lowest BCUT2D eigenvalue weighted by Gasteiger charge is -2.33. The Morgan fingerprint density at radius 1 is 1.32 bits per heavy atom. The van der Waals surface area contributed by atoms with Crippen molar-refractivity contribution in [2.45, 2.75) is 0 Å². The quantitative estimate of drug-likeness (QED) is 0.678. The predicted octanol–water partition coefficient (Wildman–Crippen LogP) is -1.16. The number of carboxylic acids is 1. The van der Waals surface area contributed by atoms with Gasteiger partial charge in [-0.3, -0.25) is 0 Å². The molecule has 0 unspecified atom stereocenters. The van der Waals surface area contributed by atoms with E-state index in [-0.39, 0.29) is 5.56 Å². The molecule has 0 saturated carbocycles. The van der Waals surface area contributed by atoms with Crippen LogP contribution < -0.4 is 10.0 Å². The van der Waals surface area contributed by atoms with E-state index in [1.54, 1.807) is 6.20 Å². The zero-order chi connectivity index (χ0) is 13.4. The van der Waals surface area contributed by atoms with Gasteiger partial charge in [0.1, 0.15) is 5.82 Å². The molecule has 1 saturated heterocycles. The van der Waals surface area contributed by atoms with Crippen LogP contribution in [0.2, 0.25) is 0 Å². The first-order valence-corrected chi connectivity index (χ1v) is 6.14. The molecule has 0 amide bonds. The second-order valence-electron chi connectivity index (χ2n) is 4.69. The standard InChI is InChI=1S/C12H15N5O2/c1-15-4-6-16(7-5-15)10-2-3-17-11(14-10)9(8-13-17)12(18)19/h2-3,8H,4-7H2,1H3,(H,18,19)/p-1. The third-order valence-corrected chi connectivity index (χ3v) is 3.40. The molecule has 7 heteroatoms. The highest BCUT2D eigenvalue weighted by molar-refractivity contribution is 5.92. The van der Waals surface area contributed by atoms with E-state index in [2.05, 4.69) is 26.9 Å². The molecular formula is C12H14N5O2-. The van der Waals surface area contributed by atoms with Crippen molar-refractivity contribution in [3.8, 4) is 0 Å². The molecule has 0 aliphatic carbocycles. The number of hydrogen-bond donors (Lipinski definition) is 0. The number of piperazine rings is 1. The summed E-state index contributed by atoms with van der Waals surface area (Å²) in [6.45, 7) is 3.71. The number of rotatable bonds is 2. The van der Waals surface area contributed by atoms with Crippen LogP contribution in [0.1, 0.15) is 10.4 Å². The van der Waals surface area contributed by atoms with Gasteiger partial charge >= 0.3 is 0 Å². The number of carbonyl (C=O) groups is 1. The van der Waals surface area contributed by atoms with Crippen LogP contribution in [0, 0.1) is 0 Å². The van der Waals surface area contributed by atoms with E-state index >= 15 is 0 Å². The van der Waals surface area contributed by atoms with Crippen LogP contribution in [0.25, 0.3) is 5.65 Å². The Morgan fingerprint density at radius 3 is 2.74 bits per heavy atom. The lowest BCUT2D eigenvalue weighted by molar-refractivity contribution is -0.254. The highest BCUT2D eigenvalue weighted by atomic mass is 16.4. The number of aromatic nitrogens is 3. The summed E-state index contributed by atoms with van der Waals surface area (Å²) in [4.78, 5) is 19.8. The third-order valence-electron chi connectivity index (χ3n) is 3.40. The Labute approximate surface area is 110 Å². The van der Waals surface area contributed by atoms with E-state index < -0.39 is 5.97 Å². The summed E-state index contributed by atoms with van der Waals surface area (Å²) in [7, 11) is 2.08. The fourth-order valence-corrected chi connectivity index (χ4v) is 2.22. The molecule has 2 aromatic heterocycles. The second kappa shape index (κ2) is 4.51. The summed E-state index contributed by atoms with van der Waals surface area (Å²) >= 11 is 0. The Kier molecular flexibility index (Phi) is 2.83. The maximum Gasteiger partial charge on any atom is 0.166 e. The van der Waals surface area contributed by atoms with Crippen LogP contribution in [0.3, 0.4) is 0 Å². The molecule has 100 valence electrons. The van der Waals surface area contributed by atoms with Crippen LogP contribution >= 0.6 is 0 Å². The number of anilines is 1. The third kappa shape index (κ3) is 2.12. The predicted molar refractivity (Wildman–Crippen MR) is 67.0 cm³/mol. The highest BCUT2D eigenvalue weighted by Gasteiger charge is 2.16. The number of likely N-dealkylation sites (N-methyl/N-ethyl adjacent to an activating group) is 1. The highest BCUT2D eigenvalue weighted by Crippen LogP contribution is 2.16. The van der Waals surface area contributed by atoms with Crippen molar-refractivity contribution in [1.82, 2.24) is 19.5 Å². The Hall–Kier alpha value is -2.15. The summed E-state index contributed by atoms with van der Waals surface area (Å²) in [6, 6.07) is 1.85. The van der Waals surface area contributed by atoms with Crippen LogP contribution in [-0.4, -0.2) is 58.7 Å². The fourth-order valence-electron chi connectivity index (χ4n) is 2.22. The SMILES string of the molecule is CN1CCN(c2ccn3ncc(C(=O)[O-])c3n2)CC1. The average Bonchev–Trinajstić information content (AvgIpc) is 2.82. The minimum atomic E-state index is -1.25. The van der Waals surface area contributed by atoms with E-state index in [4.69, 9.17) is 0 Å². The normalized spacial score (nSPS) is 17.0. The summed E-state index contributed by atoms with van der Waals surface area (Å²) in [5.74, 6) is -0.471. The van der Waals surface area contributed by atoms with Crippen molar-refractivity contribution in [2.24, 2.45) is 0 Å². The second-order valence-corrected chi connectivity index (χ2v) is 4.69. The first-order chi connectivity index (χ1) is 9.15. The van der Waals surface area contributed by atoms with Crippen molar-refractivity contribution >= 4 is 17.4 Å². The number of hydrogen-bond acceptors (Lipinski definition) is 6. The van der Waals surface area contributed by atoms with Crippen molar-refractivity contribution in [3.63, 3.8) is 0 Å². The lowest BCUT2D eigenvalue weighted by atomic mass is 10.3. The molecule has 3 rings (SSSR count). The monoisotopic (exact) mass is 260 g/mol. The first-order valence-electron chi connectivity index (χ1n) is 6.14. The Bertz CT molecular complexity index is 616. The molecule has 0 aromatic carbocycles. The molecule has 0 bridgehead atoms. The molecule has 3 heterocycles. The topological polar surface area (TPSA) is 76.8 Å². The van der Waals surface area contributed by atoms with E-state index in [9.17, 15) is 9.90 Å². The maximum absolute atomic E-state index is 11.0. The summed E-state index contributed by atoms with van der Waals surface area (Å²) < 4.78 is 1.45. The van der Waals surface area contributed by atoms with Gasteiger partial charge in [-0.2, -0.15) is 5.10 Å². The van der Waals surface area contributed by atoms with Gasteiger partial charge in [-0.05, 0) is 13.1 Å². The van der Waals surface area contributed by atoms with Gasteiger partial charge in [0, 0.05) is 32.4 Å². The molecule has 2 aromatic rings. The number of carboxylic acid groups (broad SMARTS) is 1. The maximum atomic E-state index is 11.0. The van der Waals surface area contributed by atoms with Gasteiger partial charge in [-0.25, -0.2) is 9.50 Å². The van der Waals surface area contributed by atoms with Crippen molar-refractivity contribution in [1.29, 1.82) is 0 Å². The van der Waals surface area contributed by atoms with Gasteiger partial charge in [-0.1, -0.05) is 0 Å². The molecule has 0 spiro atoms. The number of nitrogens with zero attached hydrogens (tertiary/aromatic N) is 5. The minimum Gasteiger partial charge on any atom is -0.545 e. The Balaban J connectivity index is 1.96. The largest absolute Gasteiger partial charge is 0.545 e. The molecule has 0 N–H and O–H groups in total. The number of carbonyl (C=O) groups excluding carboxylic acids is 1. The van der Waals surface area contributed by atoms with Crippen molar-refractivity contribution < 1.29 is 9.90 Å². The fraction of sp³-hybridized carbons (Fsp3) is 0.417. The first kappa shape index (κ1) is 11.9. The van der Waals surface area contributed by atoms with Crippen LogP contribution in [0.5, 0.6) is 0 Å². The van der Waals surface area contributed by atoms with Crippen LogP contribution in [0.4, 0.5) is 5.82 Å². The van der Waals surface area contributed by atoms with E-state index in [0.29, 0.717) is 5.65 Å². The number of aromatic carboxylic acids is 1. The lowest BCUT2D eigenvalue weighted by Crippen LogP contribution is -2.44. The van der Waals surface area contributed by atoms with Gasteiger partial charge in [0.25, 0.3) is 0 Å². The van der Waals surface area contributed by atoms with E-state index in [1.807, 2.05) is 6.07 Å². The summed E-state index contributed by atoms with van der Waals surface area (Å²) in [5.41, 5.74) is 0.354. The average molecular weight is 260 g/mol. The van der Waals surface area contributed by atoms with Gasteiger partial charge in [-0.15, -0.1) is 0 Å². The van der Waals surface area contributed by atoms with Crippen LogP contribution in [-0.2, 0) is 0 Å². The van der Waals surface area contributed by atoms with E-state index in [1.165, 1.54) is 10.7 Å². The minimum absolute atomic E-state index is 0.0241. The molecular weight excluding hydrogens is 246 g/mol. The van der Waals surface area contributed by atoms with E-state index in [0.717, 1.165) is 32.0 Å². The summed E-state index contributed by atoms with van der Waals surface area (Å²) in [6.07, 6.45) is 2.99. The molecule has 1 fully saturated rings. The molecule has 1 aliphatic rings. The van der Waals surface area contributed by atoms with Gasteiger partial charge in [0.05, 0.1) is 17.7 Å². The van der Waals surface area contributed by atoms with Gasteiger partial charge in [0.2, 0.25) is 0 Å². The smallest absolute Gasteiger partial charge is 0.166 e. The summed E-state index contributed by atoms with van der Waals surface area (Å²) in [5, 5.41) is 14.9. The van der Waals surface area contributed by atoms with Crippen molar-refractivity contribution in [2.75, 3.05) is 38.1 Å². The molecule has 19 heavy (non-hydrogen) atoms. The number of fused-ring (bicyclic) bond motifs is 1. The molecule has 1 aliphatic heterocycles. The molecule has 7 nitrogen and oxygen atoms in total. The molecule has 0 atom stereocenters. The zero-order valence-corrected chi connectivity index (χ0v) is 10.6. The Morgan fingerprint density at radius 2 is 2.05 bits per heavy atom. The van der Waals surface area contributed by atoms with Crippen molar-refractivity contribution in [3.05, 3.63) is 24.0 Å². The van der Waals surface area contributed by atoms with Gasteiger partial charge in [0.15, 0.2) is 5.65 Å².